The lowest BCUT2D eigenvalue weighted by atomic mass is 10.2. The smallest absolute Gasteiger partial charge is 0.259 e. The van der Waals surface area contributed by atoms with Crippen molar-refractivity contribution in [2.45, 2.75) is 11.9 Å². The Morgan fingerprint density at radius 1 is 1.15 bits per heavy atom. The Morgan fingerprint density at radius 2 is 1.96 bits per heavy atom. The predicted molar refractivity (Wildman–Crippen MR) is 103 cm³/mol. The second-order valence-electron chi connectivity index (χ2n) is 5.32. The van der Waals surface area contributed by atoms with E-state index in [0.717, 1.165) is 5.69 Å². The number of thiazole rings is 1. The molecule has 1 aromatic carbocycles. The van der Waals surface area contributed by atoms with Crippen LogP contribution in [0.25, 0.3) is 0 Å². The van der Waals surface area contributed by atoms with Gasteiger partial charge in [-0.05, 0) is 31.2 Å². The molecule has 0 aliphatic carbocycles. The number of aromatic nitrogens is 3. The van der Waals surface area contributed by atoms with E-state index in [1.165, 1.54) is 47.4 Å². The van der Waals surface area contributed by atoms with Crippen LogP contribution in [0, 0.1) is 12.7 Å². The Kier molecular flexibility index (Phi) is 6.09. The predicted octanol–water partition coefficient (Wildman–Crippen LogP) is 3.36. The number of halogens is 1. The number of benzene rings is 1. The molecule has 0 spiro atoms. The molecule has 0 saturated heterocycles. The second kappa shape index (κ2) is 8.69. The molecule has 0 aliphatic rings. The lowest BCUT2D eigenvalue weighted by Gasteiger charge is -2.05. The average Bonchev–Trinajstić information content (AvgIpc) is 3.06. The Bertz CT molecular complexity index is 962. The molecule has 7 nitrogen and oxygen atoms in total. The van der Waals surface area contributed by atoms with Gasteiger partial charge >= 0.3 is 0 Å². The zero-order valence-corrected chi connectivity index (χ0v) is 15.7. The fourth-order valence-corrected chi connectivity index (χ4v) is 3.32. The molecule has 0 fully saturated rings. The maximum absolute atomic E-state index is 13.6. The molecule has 2 aromatic heterocycles. The number of amides is 2. The van der Waals surface area contributed by atoms with Gasteiger partial charge in [0.25, 0.3) is 5.91 Å². The van der Waals surface area contributed by atoms with Gasteiger partial charge in [0.15, 0.2) is 10.9 Å². The lowest BCUT2D eigenvalue weighted by Crippen LogP contribution is -2.15. The lowest BCUT2D eigenvalue weighted by molar-refractivity contribution is -0.113. The molecule has 10 heteroatoms. The van der Waals surface area contributed by atoms with Crippen LogP contribution < -0.4 is 10.6 Å². The van der Waals surface area contributed by atoms with Crippen molar-refractivity contribution in [3.63, 3.8) is 0 Å². The maximum Gasteiger partial charge on any atom is 0.259 e. The first-order valence-electron chi connectivity index (χ1n) is 7.75. The van der Waals surface area contributed by atoms with Crippen molar-refractivity contribution < 1.29 is 14.0 Å². The fourth-order valence-electron chi connectivity index (χ4n) is 2.00. The Balaban J connectivity index is 1.52. The van der Waals surface area contributed by atoms with Crippen LogP contribution in [0.5, 0.6) is 0 Å². The molecule has 2 amide bonds. The van der Waals surface area contributed by atoms with Crippen molar-refractivity contribution in [2.75, 3.05) is 16.4 Å². The molecule has 2 N–H and O–H groups in total. The highest BCUT2D eigenvalue weighted by Gasteiger charge is 2.12. The number of rotatable bonds is 6. The zero-order chi connectivity index (χ0) is 19.2. The van der Waals surface area contributed by atoms with Crippen LogP contribution >= 0.6 is 23.1 Å². The van der Waals surface area contributed by atoms with E-state index in [2.05, 4.69) is 25.8 Å². The van der Waals surface area contributed by atoms with Crippen LogP contribution in [-0.2, 0) is 4.79 Å². The molecule has 0 radical (unpaired) electrons. The van der Waals surface area contributed by atoms with Crippen molar-refractivity contribution in [1.82, 2.24) is 15.2 Å². The molecule has 2 heterocycles. The molecular formula is C17H14FN5O2S2. The normalized spacial score (nSPS) is 10.4. The molecule has 27 heavy (non-hydrogen) atoms. The van der Waals surface area contributed by atoms with Gasteiger partial charge in [-0.15, -0.1) is 21.5 Å². The number of hydrogen-bond acceptors (Lipinski definition) is 7. The van der Waals surface area contributed by atoms with Crippen molar-refractivity contribution in [1.29, 1.82) is 0 Å². The second-order valence-corrected chi connectivity index (χ2v) is 7.18. The average molecular weight is 403 g/mol. The largest absolute Gasteiger partial charge is 0.305 e. The molecule has 0 saturated carbocycles. The number of carbonyl (C=O) groups is 2. The van der Waals surface area contributed by atoms with E-state index in [4.69, 9.17) is 0 Å². The number of aryl methyl sites for hydroxylation is 1. The molecule has 138 valence electrons. The number of thioether (sulfide) groups is 1. The van der Waals surface area contributed by atoms with E-state index in [0.29, 0.717) is 10.2 Å². The summed E-state index contributed by atoms with van der Waals surface area (Å²) in [6, 6.07) is 8.82. The monoisotopic (exact) mass is 403 g/mol. The number of nitrogens with one attached hydrogen (secondary N) is 2. The third-order valence-electron chi connectivity index (χ3n) is 3.22. The summed E-state index contributed by atoms with van der Waals surface area (Å²) in [4.78, 5) is 28.1. The third-order valence-corrected chi connectivity index (χ3v) is 5.01. The number of carbonyl (C=O) groups excluding carboxylic acids is 2. The standard InChI is InChI=1S/C17H14FN5O2S2/c1-10-8-27-17(19-10)21-14(24)9-26-15-7-6-13(22-23-15)20-16(25)11-4-2-3-5-12(11)18/h2-8H,9H2,1H3,(H,19,21,24)(H,20,22,25). The Labute approximate surface area is 162 Å². The molecule has 3 rings (SSSR count). The Hall–Kier alpha value is -2.85. The van der Waals surface area contributed by atoms with Crippen LogP contribution in [0.1, 0.15) is 16.1 Å². The first-order chi connectivity index (χ1) is 13.0. The summed E-state index contributed by atoms with van der Waals surface area (Å²) in [5.41, 5.74) is 0.772. The van der Waals surface area contributed by atoms with E-state index in [1.54, 1.807) is 12.1 Å². The van der Waals surface area contributed by atoms with Gasteiger partial charge in [0.05, 0.1) is 17.0 Å². The summed E-state index contributed by atoms with van der Waals surface area (Å²) >= 11 is 2.56. The molecule has 3 aromatic rings. The van der Waals surface area contributed by atoms with E-state index in [-0.39, 0.29) is 23.0 Å². The van der Waals surface area contributed by atoms with E-state index >= 15 is 0 Å². The van der Waals surface area contributed by atoms with Gasteiger partial charge in [-0.3, -0.25) is 9.59 Å². The van der Waals surface area contributed by atoms with Crippen molar-refractivity contribution in [3.05, 3.63) is 58.9 Å². The number of anilines is 2. The summed E-state index contributed by atoms with van der Waals surface area (Å²) in [7, 11) is 0. The van der Waals surface area contributed by atoms with Gasteiger partial charge in [0.2, 0.25) is 5.91 Å². The Morgan fingerprint density at radius 3 is 2.63 bits per heavy atom. The number of hydrogen-bond donors (Lipinski definition) is 2. The molecule has 0 aliphatic heterocycles. The van der Waals surface area contributed by atoms with Gasteiger partial charge in [-0.1, -0.05) is 23.9 Å². The van der Waals surface area contributed by atoms with Gasteiger partial charge in [-0.25, -0.2) is 9.37 Å². The van der Waals surface area contributed by atoms with Crippen molar-refractivity contribution >= 4 is 45.9 Å². The van der Waals surface area contributed by atoms with Crippen LogP contribution in [0.3, 0.4) is 0 Å². The first kappa shape index (κ1) is 18.9. The van der Waals surface area contributed by atoms with E-state index < -0.39 is 11.7 Å². The highest BCUT2D eigenvalue weighted by molar-refractivity contribution is 7.99. The van der Waals surface area contributed by atoms with Crippen LogP contribution in [0.2, 0.25) is 0 Å². The zero-order valence-electron chi connectivity index (χ0n) is 14.1. The minimum absolute atomic E-state index is 0.0770. The molecule has 0 atom stereocenters. The summed E-state index contributed by atoms with van der Waals surface area (Å²) < 4.78 is 13.6. The first-order valence-corrected chi connectivity index (χ1v) is 9.62. The SMILES string of the molecule is Cc1csc(NC(=O)CSc2ccc(NC(=O)c3ccccc3F)nn2)n1. The minimum Gasteiger partial charge on any atom is -0.305 e. The van der Waals surface area contributed by atoms with E-state index in [9.17, 15) is 14.0 Å². The van der Waals surface area contributed by atoms with Crippen LogP contribution in [0.4, 0.5) is 15.3 Å². The van der Waals surface area contributed by atoms with Crippen molar-refractivity contribution in [2.24, 2.45) is 0 Å². The van der Waals surface area contributed by atoms with Crippen LogP contribution in [0.15, 0.2) is 46.8 Å². The highest BCUT2D eigenvalue weighted by atomic mass is 32.2. The van der Waals surface area contributed by atoms with E-state index in [1.807, 2.05) is 12.3 Å². The maximum atomic E-state index is 13.6. The van der Waals surface area contributed by atoms with Crippen LogP contribution in [-0.4, -0.2) is 32.7 Å². The van der Waals surface area contributed by atoms with Gasteiger partial charge in [-0.2, -0.15) is 0 Å². The quantitative estimate of drug-likeness (QED) is 0.613. The fraction of sp³-hybridized carbons (Fsp3) is 0.118. The topological polar surface area (TPSA) is 96.9 Å². The summed E-state index contributed by atoms with van der Waals surface area (Å²) in [6.07, 6.45) is 0. The summed E-state index contributed by atoms with van der Waals surface area (Å²) in [5, 5.41) is 15.9. The minimum atomic E-state index is -0.614. The van der Waals surface area contributed by atoms with Gasteiger partial charge < -0.3 is 10.6 Å². The summed E-state index contributed by atoms with van der Waals surface area (Å²) in [6.45, 7) is 1.85. The van der Waals surface area contributed by atoms with Crippen molar-refractivity contribution in [3.8, 4) is 0 Å². The third kappa shape index (κ3) is 5.31. The van der Waals surface area contributed by atoms with Gasteiger partial charge in [0.1, 0.15) is 10.8 Å². The molecule has 0 bridgehead atoms. The summed E-state index contributed by atoms with van der Waals surface area (Å²) in [5.74, 6) is -1.09. The number of nitrogens with zero attached hydrogens (tertiary/aromatic N) is 3. The molecule has 0 unspecified atom stereocenters. The molecular weight excluding hydrogens is 389 g/mol. The van der Waals surface area contributed by atoms with Gasteiger partial charge in [0, 0.05) is 5.38 Å². The highest BCUT2D eigenvalue weighted by Crippen LogP contribution is 2.18.